The molecule has 2 aromatic rings. The second-order valence-corrected chi connectivity index (χ2v) is 7.69. The summed E-state index contributed by atoms with van der Waals surface area (Å²) in [6.45, 7) is 11.5. The van der Waals surface area contributed by atoms with Gasteiger partial charge in [-0.15, -0.1) is 0 Å². The maximum Gasteiger partial charge on any atom is 0.270 e. The Morgan fingerprint density at radius 2 is 1.88 bits per heavy atom. The number of rotatable bonds is 5. The minimum Gasteiger partial charge on any atom is -0.339 e. The van der Waals surface area contributed by atoms with Crippen LogP contribution in [0, 0.1) is 5.92 Å². The molecule has 1 fully saturated rings. The lowest BCUT2D eigenvalue weighted by molar-refractivity contribution is 0.0628. The minimum absolute atomic E-state index is 0.0152. The van der Waals surface area contributed by atoms with Gasteiger partial charge < -0.3 is 14.0 Å². The number of hydrogen-bond donors (Lipinski definition) is 0. The summed E-state index contributed by atoms with van der Waals surface area (Å²) in [5.41, 5.74) is 1.41. The standard InChI is InChI=1S/C20H30N4O2/c1-5-7-22-9-11-23(12-10-22)20(26)18-13-16-17(21(18)4)6-8-24(19(16)25)14-15(2)3/h6,8,13,15H,5,7,9-12,14H2,1-4H3. The fraction of sp³-hybridized carbons (Fsp3) is 0.600. The molecule has 0 radical (unpaired) electrons. The van der Waals surface area contributed by atoms with Crippen LogP contribution in [0.25, 0.3) is 10.9 Å². The van der Waals surface area contributed by atoms with Gasteiger partial charge in [0.15, 0.2) is 0 Å². The second-order valence-electron chi connectivity index (χ2n) is 7.69. The van der Waals surface area contributed by atoms with Crippen LogP contribution < -0.4 is 5.56 Å². The zero-order chi connectivity index (χ0) is 18.8. The number of fused-ring (bicyclic) bond motifs is 1. The molecule has 3 rings (SSSR count). The number of amides is 1. The van der Waals surface area contributed by atoms with Gasteiger partial charge in [0, 0.05) is 46.0 Å². The number of pyridine rings is 1. The second kappa shape index (κ2) is 7.66. The topological polar surface area (TPSA) is 50.5 Å². The highest BCUT2D eigenvalue weighted by Crippen LogP contribution is 2.18. The SMILES string of the molecule is CCCN1CCN(C(=O)c2cc3c(=O)n(CC(C)C)ccc3n2C)CC1. The third-order valence-electron chi connectivity index (χ3n) is 5.16. The van der Waals surface area contributed by atoms with Crippen LogP contribution in [-0.4, -0.2) is 57.6 Å². The summed E-state index contributed by atoms with van der Waals surface area (Å²) in [5, 5.41) is 0.628. The van der Waals surface area contributed by atoms with Gasteiger partial charge in [0.2, 0.25) is 0 Å². The van der Waals surface area contributed by atoms with Gasteiger partial charge in [-0.3, -0.25) is 14.5 Å². The Morgan fingerprint density at radius 3 is 2.50 bits per heavy atom. The van der Waals surface area contributed by atoms with Crippen molar-refractivity contribution in [3.63, 3.8) is 0 Å². The van der Waals surface area contributed by atoms with E-state index in [0.717, 1.165) is 44.7 Å². The maximum absolute atomic E-state index is 13.0. The van der Waals surface area contributed by atoms with E-state index in [-0.39, 0.29) is 11.5 Å². The third-order valence-corrected chi connectivity index (χ3v) is 5.16. The minimum atomic E-state index is -0.0152. The number of carbonyl (C=O) groups is 1. The molecule has 26 heavy (non-hydrogen) atoms. The summed E-state index contributed by atoms with van der Waals surface area (Å²) in [6.07, 6.45) is 2.97. The molecule has 1 amide bonds. The van der Waals surface area contributed by atoms with Gasteiger partial charge >= 0.3 is 0 Å². The lowest BCUT2D eigenvalue weighted by atomic mass is 10.2. The van der Waals surface area contributed by atoms with Crippen molar-refractivity contribution < 1.29 is 4.79 Å². The van der Waals surface area contributed by atoms with Crippen molar-refractivity contribution in [1.29, 1.82) is 0 Å². The molecule has 1 aliphatic heterocycles. The van der Waals surface area contributed by atoms with E-state index in [9.17, 15) is 9.59 Å². The smallest absolute Gasteiger partial charge is 0.270 e. The first kappa shape index (κ1) is 18.7. The predicted octanol–water partition coefficient (Wildman–Crippen LogP) is 2.16. The van der Waals surface area contributed by atoms with Gasteiger partial charge in [-0.1, -0.05) is 20.8 Å². The van der Waals surface area contributed by atoms with Crippen LogP contribution in [-0.2, 0) is 13.6 Å². The molecule has 0 atom stereocenters. The zero-order valence-corrected chi connectivity index (χ0v) is 16.4. The Balaban J connectivity index is 1.86. The predicted molar refractivity (Wildman–Crippen MR) is 105 cm³/mol. The quantitative estimate of drug-likeness (QED) is 0.823. The van der Waals surface area contributed by atoms with Crippen molar-refractivity contribution >= 4 is 16.8 Å². The molecule has 0 unspecified atom stereocenters. The van der Waals surface area contributed by atoms with Crippen LogP contribution in [0.4, 0.5) is 0 Å². The molecular weight excluding hydrogens is 328 g/mol. The molecule has 0 saturated carbocycles. The first-order chi connectivity index (χ1) is 12.4. The van der Waals surface area contributed by atoms with E-state index >= 15 is 0 Å². The number of aryl methyl sites for hydroxylation is 1. The van der Waals surface area contributed by atoms with Gasteiger partial charge in [-0.05, 0) is 31.0 Å². The molecule has 0 N–H and O–H groups in total. The zero-order valence-electron chi connectivity index (χ0n) is 16.4. The van der Waals surface area contributed by atoms with E-state index < -0.39 is 0 Å². The fourth-order valence-corrected chi connectivity index (χ4v) is 3.77. The molecule has 1 aliphatic rings. The van der Waals surface area contributed by atoms with E-state index in [0.29, 0.717) is 23.5 Å². The van der Waals surface area contributed by atoms with Crippen LogP contribution in [0.5, 0.6) is 0 Å². The molecular formula is C20H30N4O2. The molecule has 0 spiro atoms. The summed E-state index contributed by atoms with van der Waals surface area (Å²) in [6, 6.07) is 3.71. The number of hydrogen-bond acceptors (Lipinski definition) is 3. The first-order valence-electron chi connectivity index (χ1n) is 9.62. The van der Waals surface area contributed by atoms with E-state index in [1.165, 1.54) is 0 Å². The average molecular weight is 358 g/mol. The van der Waals surface area contributed by atoms with Gasteiger partial charge in [-0.25, -0.2) is 0 Å². The van der Waals surface area contributed by atoms with Gasteiger partial charge in [0.1, 0.15) is 5.69 Å². The van der Waals surface area contributed by atoms with E-state index in [4.69, 9.17) is 0 Å². The third kappa shape index (κ3) is 3.56. The monoisotopic (exact) mass is 358 g/mol. The van der Waals surface area contributed by atoms with E-state index in [2.05, 4.69) is 25.7 Å². The fourth-order valence-electron chi connectivity index (χ4n) is 3.77. The van der Waals surface area contributed by atoms with Crippen LogP contribution in [0.15, 0.2) is 23.1 Å². The average Bonchev–Trinajstić information content (AvgIpc) is 2.95. The highest BCUT2D eigenvalue weighted by Gasteiger charge is 2.25. The van der Waals surface area contributed by atoms with Crippen LogP contribution >= 0.6 is 0 Å². The number of carbonyl (C=O) groups excluding carboxylic acids is 1. The molecule has 1 saturated heterocycles. The largest absolute Gasteiger partial charge is 0.339 e. The van der Waals surface area contributed by atoms with E-state index in [1.807, 2.05) is 28.8 Å². The Labute approximate surface area is 155 Å². The van der Waals surface area contributed by atoms with E-state index in [1.54, 1.807) is 10.6 Å². The Hall–Kier alpha value is -2.08. The molecule has 6 nitrogen and oxygen atoms in total. The van der Waals surface area contributed by atoms with Gasteiger partial charge in [0.05, 0.1) is 10.9 Å². The molecule has 6 heteroatoms. The molecule has 3 heterocycles. The normalized spacial score (nSPS) is 16.0. The lowest BCUT2D eigenvalue weighted by Crippen LogP contribution is -2.49. The summed E-state index contributed by atoms with van der Waals surface area (Å²) in [7, 11) is 1.87. The Bertz CT molecular complexity index is 841. The van der Waals surface area contributed by atoms with Crippen molar-refractivity contribution in [2.24, 2.45) is 13.0 Å². The van der Waals surface area contributed by atoms with Crippen LogP contribution in [0.3, 0.4) is 0 Å². The Kier molecular flexibility index (Phi) is 5.51. The molecule has 0 aliphatic carbocycles. The highest BCUT2D eigenvalue weighted by atomic mass is 16.2. The van der Waals surface area contributed by atoms with Crippen molar-refractivity contribution in [2.75, 3.05) is 32.7 Å². The number of nitrogens with zero attached hydrogens (tertiary/aromatic N) is 4. The highest BCUT2D eigenvalue weighted by molar-refractivity contribution is 5.98. The summed E-state index contributed by atoms with van der Waals surface area (Å²) in [5.74, 6) is 0.420. The molecule has 0 aromatic carbocycles. The summed E-state index contributed by atoms with van der Waals surface area (Å²) < 4.78 is 3.60. The summed E-state index contributed by atoms with van der Waals surface area (Å²) >= 11 is 0. The lowest BCUT2D eigenvalue weighted by Gasteiger charge is -2.34. The van der Waals surface area contributed by atoms with Crippen molar-refractivity contribution in [2.45, 2.75) is 33.7 Å². The first-order valence-corrected chi connectivity index (χ1v) is 9.62. The molecule has 2 aromatic heterocycles. The number of piperazine rings is 1. The number of aromatic nitrogens is 2. The Morgan fingerprint density at radius 1 is 1.19 bits per heavy atom. The van der Waals surface area contributed by atoms with Gasteiger partial charge in [-0.2, -0.15) is 0 Å². The van der Waals surface area contributed by atoms with Crippen LogP contribution in [0.1, 0.15) is 37.7 Å². The summed E-state index contributed by atoms with van der Waals surface area (Å²) in [4.78, 5) is 30.1. The van der Waals surface area contributed by atoms with Crippen molar-refractivity contribution in [3.8, 4) is 0 Å². The van der Waals surface area contributed by atoms with Crippen LogP contribution in [0.2, 0.25) is 0 Å². The van der Waals surface area contributed by atoms with Gasteiger partial charge in [0.25, 0.3) is 11.5 Å². The maximum atomic E-state index is 13.0. The molecule has 0 bridgehead atoms. The van der Waals surface area contributed by atoms with Crippen molar-refractivity contribution in [1.82, 2.24) is 18.9 Å². The molecule has 142 valence electrons. The van der Waals surface area contributed by atoms with Crippen molar-refractivity contribution in [3.05, 3.63) is 34.4 Å².